The summed E-state index contributed by atoms with van der Waals surface area (Å²) in [7, 11) is 0. The van der Waals surface area contributed by atoms with Crippen molar-refractivity contribution in [1.82, 2.24) is 10.1 Å². The summed E-state index contributed by atoms with van der Waals surface area (Å²) in [5, 5.41) is 11.6. The molecule has 0 aliphatic carbocycles. The molecule has 0 aromatic carbocycles. The van der Waals surface area contributed by atoms with Crippen LogP contribution in [0.15, 0.2) is 10.9 Å². The highest BCUT2D eigenvalue weighted by Crippen LogP contribution is 2.14. The molecule has 6 heteroatoms. The molecule has 1 unspecified atom stereocenters. The molecule has 0 radical (unpaired) electrons. The van der Waals surface area contributed by atoms with Crippen LogP contribution in [0.3, 0.4) is 0 Å². The van der Waals surface area contributed by atoms with E-state index in [0.29, 0.717) is 11.6 Å². The fraction of sp³-hybridized carbons (Fsp3) is 0.500. The van der Waals surface area contributed by atoms with Crippen LogP contribution in [0, 0.1) is 0 Å². The summed E-state index contributed by atoms with van der Waals surface area (Å²) >= 11 is 1.26. The molecule has 0 aliphatic rings. The zero-order valence-corrected chi connectivity index (χ0v) is 7.24. The molecule has 5 nitrogen and oxygen atoms in total. The lowest BCUT2D eigenvalue weighted by atomic mass is 10.5. The fourth-order valence-corrected chi connectivity index (χ4v) is 1.20. The standard InChI is InChI=1S/C6H8N2O3S/c1-4(6(9)10)12-2-5-7-3-11-8-5/h3-4H,2H2,1H3,(H,9,10). The fourth-order valence-electron chi connectivity index (χ4n) is 0.527. The minimum atomic E-state index is -0.830. The van der Waals surface area contributed by atoms with E-state index in [0.717, 1.165) is 0 Å². The van der Waals surface area contributed by atoms with Crippen molar-refractivity contribution in [1.29, 1.82) is 0 Å². The van der Waals surface area contributed by atoms with Crippen molar-refractivity contribution in [3.8, 4) is 0 Å². The molecule has 1 aromatic heterocycles. The third-order valence-corrected chi connectivity index (χ3v) is 2.34. The molecule has 1 heterocycles. The van der Waals surface area contributed by atoms with Gasteiger partial charge in [0.05, 0.1) is 11.0 Å². The first-order chi connectivity index (χ1) is 5.70. The Hall–Kier alpha value is -1.04. The summed E-state index contributed by atoms with van der Waals surface area (Å²) in [5.41, 5.74) is 0. The number of carbonyl (C=O) groups is 1. The van der Waals surface area contributed by atoms with Crippen LogP contribution in [0.1, 0.15) is 12.7 Å². The van der Waals surface area contributed by atoms with Crippen molar-refractivity contribution in [2.24, 2.45) is 0 Å². The summed E-state index contributed by atoms with van der Waals surface area (Å²) in [6.07, 6.45) is 1.22. The number of carboxylic acids is 1. The Morgan fingerprint density at radius 1 is 1.92 bits per heavy atom. The van der Waals surface area contributed by atoms with Gasteiger partial charge in [0.2, 0.25) is 6.39 Å². The Labute approximate surface area is 73.2 Å². The van der Waals surface area contributed by atoms with E-state index >= 15 is 0 Å². The molecule has 66 valence electrons. The Balaban J connectivity index is 2.31. The van der Waals surface area contributed by atoms with Gasteiger partial charge in [-0.3, -0.25) is 4.79 Å². The van der Waals surface area contributed by atoms with E-state index < -0.39 is 11.2 Å². The Kier molecular flexibility index (Phi) is 3.09. The zero-order chi connectivity index (χ0) is 8.97. The van der Waals surface area contributed by atoms with Gasteiger partial charge in [-0.15, -0.1) is 11.8 Å². The van der Waals surface area contributed by atoms with E-state index in [1.165, 1.54) is 18.2 Å². The second kappa shape index (κ2) is 4.10. The van der Waals surface area contributed by atoms with E-state index in [1.54, 1.807) is 6.92 Å². The van der Waals surface area contributed by atoms with Gasteiger partial charge in [0.25, 0.3) is 0 Å². The summed E-state index contributed by atoms with van der Waals surface area (Å²) in [6, 6.07) is 0. The number of aromatic nitrogens is 2. The van der Waals surface area contributed by atoms with E-state index in [4.69, 9.17) is 5.11 Å². The lowest BCUT2D eigenvalue weighted by Gasteiger charge is -2.01. The molecule has 12 heavy (non-hydrogen) atoms. The topological polar surface area (TPSA) is 76.2 Å². The molecule has 0 amide bonds. The molecule has 0 spiro atoms. The summed E-state index contributed by atoms with van der Waals surface area (Å²) < 4.78 is 4.49. The monoisotopic (exact) mass is 188 g/mol. The van der Waals surface area contributed by atoms with Crippen molar-refractivity contribution >= 4 is 17.7 Å². The molecular weight excluding hydrogens is 180 g/mol. The molecule has 1 atom stereocenters. The number of rotatable bonds is 4. The van der Waals surface area contributed by atoms with Gasteiger partial charge in [-0.1, -0.05) is 5.16 Å². The van der Waals surface area contributed by atoms with Crippen LogP contribution in [0.4, 0.5) is 0 Å². The number of hydrogen-bond donors (Lipinski definition) is 1. The molecule has 1 aromatic rings. The predicted molar refractivity (Wildman–Crippen MR) is 42.7 cm³/mol. The highest BCUT2D eigenvalue weighted by Gasteiger charge is 2.12. The SMILES string of the molecule is CC(SCc1ncon1)C(=O)O. The minimum Gasteiger partial charge on any atom is -0.480 e. The van der Waals surface area contributed by atoms with Gasteiger partial charge < -0.3 is 9.63 Å². The van der Waals surface area contributed by atoms with Crippen LogP contribution < -0.4 is 0 Å². The second-order valence-electron chi connectivity index (χ2n) is 2.14. The molecule has 0 aliphatic heterocycles. The van der Waals surface area contributed by atoms with Gasteiger partial charge in [0.15, 0.2) is 5.82 Å². The lowest BCUT2D eigenvalue weighted by molar-refractivity contribution is -0.136. The summed E-state index contributed by atoms with van der Waals surface area (Å²) in [4.78, 5) is 14.1. The quantitative estimate of drug-likeness (QED) is 0.752. The zero-order valence-electron chi connectivity index (χ0n) is 6.43. The maximum atomic E-state index is 10.4. The van der Waals surface area contributed by atoms with Crippen LogP contribution in [0.25, 0.3) is 0 Å². The van der Waals surface area contributed by atoms with E-state index in [9.17, 15) is 4.79 Å². The van der Waals surface area contributed by atoms with Crippen molar-refractivity contribution in [3.63, 3.8) is 0 Å². The third kappa shape index (κ3) is 2.54. The first-order valence-corrected chi connectivity index (χ1v) is 4.34. The van der Waals surface area contributed by atoms with Crippen LogP contribution in [0.2, 0.25) is 0 Å². The Morgan fingerprint density at radius 3 is 3.17 bits per heavy atom. The van der Waals surface area contributed by atoms with Crippen LogP contribution in [-0.4, -0.2) is 26.5 Å². The minimum absolute atomic E-state index is 0.441. The number of aliphatic carboxylic acids is 1. The van der Waals surface area contributed by atoms with Gasteiger partial charge in [-0.05, 0) is 6.92 Å². The lowest BCUT2D eigenvalue weighted by Crippen LogP contribution is -2.11. The molecule has 0 fully saturated rings. The molecule has 0 saturated heterocycles. The van der Waals surface area contributed by atoms with Crippen molar-refractivity contribution in [3.05, 3.63) is 12.2 Å². The predicted octanol–water partition coefficient (Wildman–Crippen LogP) is 0.776. The summed E-state index contributed by atoms with van der Waals surface area (Å²) in [6.45, 7) is 1.62. The molecule has 0 bridgehead atoms. The smallest absolute Gasteiger partial charge is 0.316 e. The highest BCUT2D eigenvalue weighted by atomic mass is 32.2. The first kappa shape index (κ1) is 9.05. The van der Waals surface area contributed by atoms with Gasteiger partial charge in [-0.25, -0.2) is 0 Å². The van der Waals surface area contributed by atoms with Crippen LogP contribution >= 0.6 is 11.8 Å². The van der Waals surface area contributed by atoms with Gasteiger partial charge >= 0.3 is 5.97 Å². The molecule has 1 rings (SSSR count). The van der Waals surface area contributed by atoms with Gasteiger partial charge in [-0.2, -0.15) is 4.98 Å². The van der Waals surface area contributed by atoms with Crippen LogP contribution in [0.5, 0.6) is 0 Å². The van der Waals surface area contributed by atoms with E-state index in [2.05, 4.69) is 14.7 Å². The average molecular weight is 188 g/mol. The number of nitrogens with zero attached hydrogens (tertiary/aromatic N) is 2. The Bertz CT molecular complexity index is 249. The maximum Gasteiger partial charge on any atom is 0.316 e. The summed E-state index contributed by atoms with van der Waals surface area (Å²) in [5.74, 6) is 0.154. The highest BCUT2D eigenvalue weighted by molar-refractivity contribution is 7.99. The van der Waals surface area contributed by atoms with Gasteiger partial charge in [0.1, 0.15) is 0 Å². The number of carboxylic acid groups (broad SMARTS) is 1. The number of hydrogen-bond acceptors (Lipinski definition) is 5. The van der Waals surface area contributed by atoms with Crippen molar-refractivity contribution in [2.45, 2.75) is 17.9 Å². The molecule has 1 N–H and O–H groups in total. The maximum absolute atomic E-state index is 10.4. The van der Waals surface area contributed by atoms with Crippen LogP contribution in [-0.2, 0) is 10.5 Å². The van der Waals surface area contributed by atoms with E-state index in [-0.39, 0.29) is 0 Å². The second-order valence-corrected chi connectivity index (χ2v) is 3.47. The first-order valence-electron chi connectivity index (χ1n) is 3.30. The van der Waals surface area contributed by atoms with E-state index in [1.807, 2.05) is 0 Å². The average Bonchev–Trinajstić information content (AvgIpc) is 2.51. The Morgan fingerprint density at radius 2 is 2.67 bits per heavy atom. The van der Waals surface area contributed by atoms with Crippen molar-refractivity contribution in [2.75, 3.05) is 0 Å². The normalized spacial score (nSPS) is 12.8. The third-order valence-electron chi connectivity index (χ3n) is 1.22. The number of thioether (sulfide) groups is 1. The molecular formula is C6H8N2O3S. The van der Waals surface area contributed by atoms with Gasteiger partial charge in [0, 0.05) is 0 Å². The molecule has 0 saturated carbocycles. The largest absolute Gasteiger partial charge is 0.480 e. The van der Waals surface area contributed by atoms with Crippen molar-refractivity contribution < 1.29 is 14.4 Å².